The summed E-state index contributed by atoms with van der Waals surface area (Å²) in [6, 6.07) is 9.39. The average Bonchev–Trinajstić information content (AvgIpc) is 2.80. The summed E-state index contributed by atoms with van der Waals surface area (Å²) in [5, 5.41) is 0. The van der Waals surface area contributed by atoms with E-state index in [-0.39, 0.29) is 18.0 Å². The summed E-state index contributed by atoms with van der Waals surface area (Å²) in [5.41, 5.74) is 0.515. The van der Waals surface area contributed by atoms with Crippen LogP contribution < -0.4 is 0 Å². The Balaban J connectivity index is 1.78. The van der Waals surface area contributed by atoms with Crippen LogP contribution in [0.3, 0.4) is 0 Å². The van der Waals surface area contributed by atoms with E-state index in [9.17, 15) is 9.59 Å². The summed E-state index contributed by atoms with van der Waals surface area (Å²) >= 11 is 0. The zero-order chi connectivity index (χ0) is 16.4. The Hall–Kier alpha value is -1.88. The molecule has 2 saturated heterocycles. The normalized spacial score (nSPS) is 30.0. The molecule has 124 valence electrons. The van der Waals surface area contributed by atoms with Gasteiger partial charge in [-0.15, -0.1) is 0 Å². The molecule has 5 heteroatoms. The first-order valence-corrected chi connectivity index (χ1v) is 8.26. The number of hydrogen-bond acceptors (Lipinski definition) is 5. The molecule has 0 radical (unpaired) electrons. The Kier molecular flexibility index (Phi) is 4.66. The molecule has 4 atom stereocenters. The van der Waals surface area contributed by atoms with Gasteiger partial charge in [0.25, 0.3) is 0 Å². The minimum atomic E-state index is -0.407. The van der Waals surface area contributed by atoms with Crippen LogP contribution in [0.1, 0.15) is 36.5 Å². The molecule has 0 amide bonds. The highest BCUT2D eigenvalue weighted by Gasteiger charge is 2.51. The summed E-state index contributed by atoms with van der Waals surface area (Å²) in [6.07, 6.45) is 2.27. The van der Waals surface area contributed by atoms with E-state index < -0.39 is 12.0 Å². The lowest BCUT2D eigenvalue weighted by Gasteiger charge is -2.40. The number of ether oxygens (including phenoxy) is 2. The molecule has 1 aromatic carbocycles. The van der Waals surface area contributed by atoms with Crippen molar-refractivity contribution in [3.63, 3.8) is 0 Å². The lowest BCUT2D eigenvalue weighted by molar-refractivity contribution is -0.158. The van der Waals surface area contributed by atoms with Crippen LogP contribution in [-0.2, 0) is 14.3 Å². The van der Waals surface area contributed by atoms with Crippen molar-refractivity contribution in [1.29, 1.82) is 0 Å². The minimum Gasteiger partial charge on any atom is -0.466 e. The van der Waals surface area contributed by atoms with Crippen LogP contribution in [0.15, 0.2) is 30.3 Å². The zero-order valence-corrected chi connectivity index (χ0v) is 13.6. The van der Waals surface area contributed by atoms with Crippen LogP contribution in [0.5, 0.6) is 0 Å². The van der Waals surface area contributed by atoms with Gasteiger partial charge in [0.05, 0.1) is 12.2 Å². The number of piperidine rings is 1. The summed E-state index contributed by atoms with van der Waals surface area (Å²) < 4.78 is 11.0. The highest BCUT2D eigenvalue weighted by molar-refractivity contribution is 5.89. The molecular formula is C18H23NO4. The predicted octanol–water partition coefficient (Wildman–Crippen LogP) is 2.26. The molecule has 0 saturated carbocycles. The summed E-state index contributed by atoms with van der Waals surface area (Å²) in [4.78, 5) is 27.0. The standard InChI is InChI=1S/C18H23NO4/c1-3-22-18(21)16-14-10-9-13(19(14)2)11-15(16)23-17(20)12-7-5-4-6-8-12/h4-8,13-16H,3,9-11H2,1-2H3/t13-,14+,15+,16+/m1/s1. The first kappa shape index (κ1) is 16.0. The predicted molar refractivity (Wildman–Crippen MR) is 85.0 cm³/mol. The van der Waals surface area contributed by atoms with Gasteiger partial charge in [0, 0.05) is 18.5 Å². The summed E-state index contributed by atoms with van der Waals surface area (Å²) in [5.74, 6) is -1.02. The molecule has 0 aliphatic carbocycles. The van der Waals surface area contributed by atoms with Crippen molar-refractivity contribution < 1.29 is 19.1 Å². The molecule has 2 heterocycles. The van der Waals surface area contributed by atoms with Crippen LogP contribution in [0.2, 0.25) is 0 Å². The monoisotopic (exact) mass is 317 g/mol. The molecule has 23 heavy (non-hydrogen) atoms. The van der Waals surface area contributed by atoms with E-state index >= 15 is 0 Å². The Bertz CT molecular complexity index is 574. The van der Waals surface area contributed by atoms with Crippen molar-refractivity contribution in [3.05, 3.63) is 35.9 Å². The second kappa shape index (κ2) is 6.71. The SMILES string of the molecule is CCOC(=O)[C@@H]1[C@@H](OC(=O)c2ccccc2)C[C@H]2CC[C@@H]1N2C. The molecule has 0 aromatic heterocycles. The van der Waals surface area contributed by atoms with Gasteiger partial charge in [-0.25, -0.2) is 4.79 Å². The van der Waals surface area contributed by atoms with Gasteiger partial charge in [-0.2, -0.15) is 0 Å². The van der Waals surface area contributed by atoms with E-state index in [0.29, 0.717) is 24.6 Å². The molecule has 0 unspecified atom stereocenters. The highest BCUT2D eigenvalue weighted by Crippen LogP contribution is 2.40. The van der Waals surface area contributed by atoms with Crippen LogP contribution >= 0.6 is 0 Å². The number of benzene rings is 1. The largest absolute Gasteiger partial charge is 0.466 e. The van der Waals surface area contributed by atoms with Gasteiger partial charge < -0.3 is 9.47 Å². The molecule has 0 N–H and O–H groups in total. The average molecular weight is 317 g/mol. The molecule has 0 spiro atoms. The van der Waals surface area contributed by atoms with Crippen LogP contribution in [0.25, 0.3) is 0 Å². The van der Waals surface area contributed by atoms with E-state index in [1.807, 2.05) is 13.1 Å². The summed E-state index contributed by atoms with van der Waals surface area (Å²) in [6.45, 7) is 2.14. The third-order valence-corrected chi connectivity index (χ3v) is 5.04. The number of hydrogen-bond donors (Lipinski definition) is 0. The van der Waals surface area contributed by atoms with Crippen molar-refractivity contribution in [1.82, 2.24) is 4.90 Å². The van der Waals surface area contributed by atoms with Gasteiger partial charge in [0.1, 0.15) is 12.0 Å². The fourth-order valence-electron chi connectivity index (χ4n) is 3.87. The van der Waals surface area contributed by atoms with E-state index in [1.54, 1.807) is 31.2 Å². The highest BCUT2D eigenvalue weighted by atomic mass is 16.6. The topological polar surface area (TPSA) is 55.8 Å². The molecule has 2 aliphatic rings. The first-order valence-electron chi connectivity index (χ1n) is 8.26. The Labute approximate surface area is 136 Å². The van der Waals surface area contributed by atoms with Gasteiger partial charge in [-0.05, 0) is 38.9 Å². The second-order valence-corrected chi connectivity index (χ2v) is 6.29. The van der Waals surface area contributed by atoms with Crippen molar-refractivity contribution in [3.8, 4) is 0 Å². The Morgan fingerprint density at radius 3 is 2.65 bits per heavy atom. The Morgan fingerprint density at radius 1 is 1.22 bits per heavy atom. The van der Waals surface area contributed by atoms with Crippen molar-refractivity contribution in [2.75, 3.05) is 13.7 Å². The van der Waals surface area contributed by atoms with Crippen LogP contribution in [0.4, 0.5) is 0 Å². The fraction of sp³-hybridized carbons (Fsp3) is 0.556. The zero-order valence-electron chi connectivity index (χ0n) is 13.6. The van der Waals surface area contributed by atoms with Gasteiger partial charge >= 0.3 is 11.9 Å². The second-order valence-electron chi connectivity index (χ2n) is 6.29. The number of carbonyl (C=O) groups excluding carboxylic acids is 2. The summed E-state index contributed by atoms with van der Waals surface area (Å²) in [7, 11) is 2.05. The van der Waals surface area contributed by atoms with Gasteiger partial charge in [0.15, 0.2) is 0 Å². The van der Waals surface area contributed by atoms with Crippen LogP contribution in [0, 0.1) is 5.92 Å². The van der Waals surface area contributed by atoms with E-state index in [2.05, 4.69) is 4.90 Å². The van der Waals surface area contributed by atoms with Gasteiger partial charge in [-0.1, -0.05) is 18.2 Å². The number of carbonyl (C=O) groups is 2. The molecule has 5 nitrogen and oxygen atoms in total. The molecule has 2 aliphatic heterocycles. The number of nitrogens with zero attached hydrogens (tertiary/aromatic N) is 1. The van der Waals surface area contributed by atoms with Gasteiger partial charge in [0.2, 0.25) is 0 Å². The van der Waals surface area contributed by atoms with Gasteiger partial charge in [-0.3, -0.25) is 9.69 Å². The van der Waals surface area contributed by atoms with E-state index in [4.69, 9.17) is 9.47 Å². The quantitative estimate of drug-likeness (QED) is 0.797. The Morgan fingerprint density at radius 2 is 1.96 bits per heavy atom. The maximum absolute atomic E-state index is 12.4. The van der Waals surface area contributed by atoms with Crippen LogP contribution in [-0.4, -0.2) is 48.7 Å². The third-order valence-electron chi connectivity index (χ3n) is 5.04. The minimum absolute atomic E-state index is 0.0985. The fourth-order valence-corrected chi connectivity index (χ4v) is 3.87. The molecule has 2 fully saturated rings. The van der Waals surface area contributed by atoms with E-state index in [0.717, 1.165) is 12.8 Å². The third kappa shape index (κ3) is 3.11. The molecule has 1 aromatic rings. The maximum atomic E-state index is 12.4. The maximum Gasteiger partial charge on any atom is 0.338 e. The number of rotatable bonds is 4. The molecular weight excluding hydrogens is 294 g/mol. The van der Waals surface area contributed by atoms with Crippen molar-refractivity contribution in [2.24, 2.45) is 5.92 Å². The van der Waals surface area contributed by atoms with E-state index in [1.165, 1.54) is 0 Å². The smallest absolute Gasteiger partial charge is 0.338 e. The number of fused-ring (bicyclic) bond motifs is 2. The molecule has 2 bridgehead atoms. The lowest BCUT2D eigenvalue weighted by atomic mass is 9.87. The van der Waals surface area contributed by atoms with Crippen molar-refractivity contribution in [2.45, 2.75) is 44.4 Å². The molecule has 3 rings (SSSR count). The number of esters is 2. The van der Waals surface area contributed by atoms with Crippen molar-refractivity contribution >= 4 is 11.9 Å². The first-order chi connectivity index (χ1) is 11.1. The lowest BCUT2D eigenvalue weighted by Crippen LogP contribution is -2.53.